The monoisotopic (exact) mass is 424 g/mol. The molecule has 1 aromatic heterocycles. The van der Waals surface area contributed by atoms with E-state index in [0.29, 0.717) is 17.2 Å². The topological polar surface area (TPSA) is 60.5 Å². The van der Waals surface area contributed by atoms with E-state index in [9.17, 15) is 4.79 Å². The standard InChI is InChI=1S/C24H28N2O3S/c1-3-4-5-9-16-28-21-14-12-19(13-15-21)26-24(27)23-18(2)25-22(30-23)17-29-20-10-7-6-8-11-20/h6-8,10-15H,3-5,9,16-17H2,1-2H3,(H,26,27). The summed E-state index contributed by atoms with van der Waals surface area (Å²) in [6, 6.07) is 17.1. The summed E-state index contributed by atoms with van der Waals surface area (Å²) in [4.78, 5) is 17.7. The van der Waals surface area contributed by atoms with Crippen LogP contribution < -0.4 is 14.8 Å². The van der Waals surface area contributed by atoms with Gasteiger partial charge in [-0.15, -0.1) is 11.3 Å². The predicted octanol–water partition coefficient (Wildman–Crippen LogP) is 6.24. The molecule has 158 valence electrons. The molecule has 0 saturated heterocycles. The second-order valence-corrected chi connectivity index (χ2v) is 8.10. The van der Waals surface area contributed by atoms with Crippen molar-refractivity contribution in [2.75, 3.05) is 11.9 Å². The smallest absolute Gasteiger partial charge is 0.267 e. The Morgan fingerprint density at radius 2 is 1.70 bits per heavy atom. The molecule has 30 heavy (non-hydrogen) atoms. The summed E-state index contributed by atoms with van der Waals surface area (Å²) in [6.45, 7) is 5.10. The maximum atomic E-state index is 12.7. The lowest BCUT2D eigenvalue weighted by molar-refractivity contribution is 0.103. The maximum Gasteiger partial charge on any atom is 0.267 e. The molecule has 0 saturated carbocycles. The Morgan fingerprint density at radius 3 is 2.43 bits per heavy atom. The van der Waals surface area contributed by atoms with E-state index in [4.69, 9.17) is 9.47 Å². The van der Waals surface area contributed by atoms with Gasteiger partial charge in [0.25, 0.3) is 5.91 Å². The average Bonchev–Trinajstić information content (AvgIpc) is 3.15. The Balaban J connectivity index is 1.51. The third-order valence-electron chi connectivity index (χ3n) is 4.53. The Kier molecular flexibility index (Phi) is 8.27. The van der Waals surface area contributed by atoms with Crippen LogP contribution in [0.3, 0.4) is 0 Å². The molecular formula is C24H28N2O3S. The van der Waals surface area contributed by atoms with Gasteiger partial charge < -0.3 is 14.8 Å². The van der Waals surface area contributed by atoms with Gasteiger partial charge in [-0.1, -0.05) is 44.4 Å². The number of unbranched alkanes of at least 4 members (excludes halogenated alkanes) is 3. The van der Waals surface area contributed by atoms with Crippen LogP contribution in [-0.4, -0.2) is 17.5 Å². The molecule has 5 nitrogen and oxygen atoms in total. The normalized spacial score (nSPS) is 10.6. The van der Waals surface area contributed by atoms with Crippen molar-refractivity contribution in [1.82, 2.24) is 4.98 Å². The minimum atomic E-state index is -0.163. The van der Waals surface area contributed by atoms with Gasteiger partial charge in [0, 0.05) is 5.69 Å². The van der Waals surface area contributed by atoms with Crippen LogP contribution in [0.4, 0.5) is 5.69 Å². The van der Waals surface area contributed by atoms with E-state index in [1.54, 1.807) is 0 Å². The first-order chi connectivity index (χ1) is 14.7. The van der Waals surface area contributed by atoms with Gasteiger partial charge in [-0.2, -0.15) is 0 Å². The number of anilines is 1. The summed E-state index contributed by atoms with van der Waals surface area (Å²) in [7, 11) is 0. The summed E-state index contributed by atoms with van der Waals surface area (Å²) in [6.07, 6.45) is 4.71. The van der Waals surface area contributed by atoms with E-state index in [1.165, 1.54) is 30.6 Å². The van der Waals surface area contributed by atoms with Crippen molar-refractivity contribution in [1.29, 1.82) is 0 Å². The third kappa shape index (κ3) is 6.59. The Hall–Kier alpha value is -2.86. The van der Waals surface area contributed by atoms with Gasteiger partial charge in [0.2, 0.25) is 0 Å². The molecule has 0 bridgehead atoms. The van der Waals surface area contributed by atoms with E-state index in [2.05, 4.69) is 17.2 Å². The summed E-state index contributed by atoms with van der Waals surface area (Å²) >= 11 is 1.35. The lowest BCUT2D eigenvalue weighted by atomic mass is 10.2. The largest absolute Gasteiger partial charge is 0.494 e. The molecule has 1 heterocycles. The SMILES string of the molecule is CCCCCCOc1ccc(NC(=O)c2sc(COc3ccccc3)nc2C)cc1. The van der Waals surface area contributed by atoms with Crippen molar-refractivity contribution >= 4 is 22.9 Å². The van der Waals surface area contributed by atoms with Gasteiger partial charge in [0.15, 0.2) is 0 Å². The van der Waals surface area contributed by atoms with Crippen LogP contribution in [-0.2, 0) is 6.61 Å². The molecule has 3 rings (SSSR count). The van der Waals surface area contributed by atoms with Crippen LogP contribution >= 0.6 is 11.3 Å². The van der Waals surface area contributed by atoms with E-state index < -0.39 is 0 Å². The van der Waals surface area contributed by atoms with Crippen molar-refractivity contribution in [2.45, 2.75) is 46.1 Å². The fourth-order valence-corrected chi connectivity index (χ4v) is 3.80. The zero-order valence-electron chi connectivity index (χ0n) is 17.5. The quantitative estimate of drug-likeness (QED) is 0.370. The number of para-hydroxylation sites is 1. The van der Waals surface area contributed by atoms with E-state index in [1.807, 2.05) is 61.5 Å². The van der Waals surface area contributed by atoms with E-state index >= 15 is 0 Å². The predicted molar refractivity (Wildman–Crippen MR) is 122 cm³/mol. The first-order valence-electron chi connectivity index (χ1n) is 10.3. The number of thiazole rings is 1. The van der Waals surface area contributed by atoms with Crippen LogP contribution in [0.25, 0.3) is 0 Å². The number of benzene rings is 2. The Morgan fingerprint density at radius 1 is 0.967 bits per heavy atom. The van der Waals surface area contributed by atoms with Crippen molar-refractivity contribution in [2.24, 2.45) is 0 Å². The highest BCUT2D eigenvalue weighted by molar-refractivity contribution is 7.13. The fraction of sp³-hybridized carbons (Fsp3) is 0.333. The number of aromatic nitrogens is 1. The van der Waals surface area contributed by atoms with Gasteiger partial charge >= 0.3 is 0 Å². The molecular weight excluding hydrogens is 396 g/mol. The van der Waals surface area contributed by atoms with Gasteiger partial charge in [0.1, 0.15) is 28.0 Å². The second-order valence-electron chi connectivity index (χ2n) is 7.01. The molecule has 6 heteroatoms. The molecule has 1 amide bonds. The van der Waals surface area contributed by atoms with E-state index in [0.717, 1.165) is 35.2 Å². The highest BCUT2D eigenvalue weighted by Gasteiger charge is 2.16. The lowest BCUT2D eigenvalue weighted by Gasteiger charge is -2.08. The van der Waals surface area contributed by atoms with Crippen molar-refractivity contribution in [3.05, 3.63) is 70.2 Å². The molecule has 0 radical (unpaired) electrons. The summed E-state index contributed by atoms with van der Waals surface area (Å²) in [5.74, 6) is 1.44. The fourth-order valence-electron chi connectivity index (χ4n) is 2.93. The number of ether oxygens (including phenoxy) is 2. The number of nitrogens with zero attached hydrogens (tertiary/aromatic N) is 1. The number of nitrogens with one attached hydrogen (secondary N) is 1. The first-order valence-corrected chi connectivity index (χ1v) is 11.2. The number of hydrogen-bond acceptors (Lipinski definition) is 5. The zero-order chi connectivity index (χ0) is 21.2. The molecule has 2 aromatic carbocycles. The third-order valence-corrected chi connectivity index (χ3v) is 5.66. The Bertz CT molecular complexity index is 923. The van der Waals surface area contributed by atoms with Crippen molar-refractivity contribution < 1.29 is 14.3 Å². The van der Waals surface area contributed by atoms with Gasteiger partial charge in [-0.05, 0) is 49.7 Å². The summed E-state index contributed by atoms with van der Waals surface area (Å²) in [5, 5.41) is 3.70. The lowest BCUT2D eigenvalue weighted by Crippen LogP contribution is -2.11. The number of hydrogen-bond donors (Lipinski definition) is 1. The molecule has 0 aliphatic heterocycles. The van der Waals surface area contributed by atoms with Crippen LogP contribution in [0.5, 0.6) is 11.5 Å². The molecule has 0 aliphatic carbocycles. The Labute approximate surface area is 182 Å². The van der Waals surface area contributed by atoms with Crippen molar-refractivity contribution in [3.8, 4) is 11.5 Å². The summed E-state index contributed by atoms with van der Waals surface area (Å²) in [5.41, 5.74) is 1.43. The molecule has 0 fully saturated rings. The molecule has 1 N–H and O–H groups in total. The van der Waals surface area contributed by atoms with Gasteiger partial charge in [-0.3, -0.25) is 4.79 Å². The number of carbonyl (C=O) groups is 1. The number of aryl methyl sites for hydroxylation is 1. The maximum absolute atomic E-state index is 12.7. The van der Waals surface area contributed by atoms with Crippen molar-refractivity contribution in [3.63, 3.8) is 0 Å². The molecule has 0 unspecified atom stereocenters. The van der Waals surface area contributed by atoms with Crippen LogP contribution in [0.2, 0.25) is 0 Å². The molecule has 3 aromatic rings. The van der Waals surface area contributed by atoms with Crippen LogP contribution in [0.1, 0.15) is 53.0 Å². The number of carbonyl (C=O) groups excluding carboxylic acids is 1. The van der Waals surface area contributed by atoms with Gasteiger partial charge in [-0.25, -0.2) is 4.98 Å². The molecule has 0 spiro atoms. The molecule has 0 atom stereocenters. The second kappa shape index (κ2) is 11.4. The van der Waals surface area contributed by atoms with Crippen LogP contribution in [0.15, 0.2) is 54.6 Å². The highest BCUT2D eigenvalue weighted by atomic mass is 32.1. The number of rotatable bonds is 11. The van der Waals surface area contributed by atoms with E-state index in [-0.39, 0.29) is 5.91 Å². The molecule has 0 aliphatic rings. The highest BCUT2D eigenvalue weighted by Crippen LogP contribution is 2.23. The first kappa shape index (κ1) is 21.8. The number of amides is 1. The average molecular weight is 425 g/mol. The minimum Gasteiger partial charge on any atom is -0.494 e. The summed E-state index contributed by atoms with van der Waals surface area (Å²) < 4.78 is 11.5. The van der Waals surface area contributed by atoms with Crippen LogP contribution in [0, 0.1) is 6.92 Å². The minimum absolute atomic E-state index is 0.163. The zero-order valence-corrected chi connectivity index (χ0v) is 18.3. The van der Waals surface area contributed by atoms with Gasteiger partial charge in [0.05, 0.1) is 12.3 Å².